The molecule has 2 unspecified atom stereocenters. The molecule has 0 aliphatic carbocycles. The third-order valence-corrected chi connectivity index (χ3v) is 6.13. The molecule has 2 aromatic rings. The summed E-state index contributed by atoms with van der Waals surface area (Å²) in [5.74, 6) is 1.77. The van der Waals surface area contributed by atoms with Crippen LogP contribution in [0, 0.1) is 16.0 Å². The SMILES string of the molecule is O=c1[nH]c2c(s1)C1c3cc([N+](=O)[O-])ccc3OCC1CS2. The van der Waals surface area contributed by atoms with Crippen LogP contribution < -0.4 is 9.61 Å². The molecule has 2 aliphatic rings. The van der Waals surface area contributed by atoms with Gasteiger partial charge in [0.1, 0.15) is 5.75 Å². The van der Waals surface area contributed by atoms with Crippen molar-refractivity contribution in [2.75, 3.05) is 12.4 Å². The number of nitro benzene ring substituents is 1. The second kappa shape index (κ2) is 4.60. The molecule has 108 valence electrons. The summed E-state index contributed by atoms with van der Waals surface area (Å²) in [6.45, 7) is 0.577. The molecule has 2 aliphatic heterocycles. The van der Waals surface area contributed by atoms with Crippen molar-refractivity contribution >= 4 is 28.8 Å². The Morgan fingerprint density at radius 2 is 2.29 bits per heavy atom. The Hall–Kier alpha value is -1.80. The van der Waals surface area contributed by atoms with Gasteiger partial charge in [0.15, 0.2) is 0 Å². The van der Waals surface area contributed by atoms with E-state index >= 15 is 0 Å². The number of rotatable bonds is 1. The van der Waals surface area contributed by atoms with Gasteiger partial charge >= 0.3 is 4.87 Å². The predicted molar refractivity (Wildman–Crippen MR) is 79.6 cm³/mol. The van der Waals surface area contributed by atoms with Crippen molar-refractivity contribution in [3.05, 3.63) is 48.4 Å². The normalized spacial score (nSPS) is 22.7. The summed E-state index contributed by atoms with van der Waals surface area (Å²) in [4.78, 5) is 26.0. The van der Waals surface area contributed by atoms with Gasteiger partial charge in [0, 0.05) is 40.2 Å². The van der Waals surface area contributed by atoms with E-state index in [0.29, 0.717) is 12.4 Å². The molecule has 1 N–H and O–H groups in total. The molecule has 0 radical (unpaired) electrons. The van der Waals surface area contributed by atoms with E-state index in [9.17, 15) is 14.9 Å². The van der Waals surface area contributed by atoms with Crippen molar-refractivity contribution in [1.82, 2.24) is 4.98 Å². The molecule has 0 bridgehead atoms. The number of ether oxygens (including phenoxy) is 1. The van der Waals surface area contributed by atoms with Gasteiger partial charge in [-0.3, -0.25) is 14.9 Å². The quantitative estimate of drug-likeness (QED) is 0.644. The third kappa shape index (κ3) is 1.97. The average molecular weight is 322 g/mol. The maximum absolute atomic E-state index is 11.6. The lowest BCUT2D eigenvalue weighted by molar-refractivity contribution is -0.385. The van der Waals surface area contributed by atoms with Crippen LogP contribution in [0.15, 0.2) is 28.0 Å². The number of nitrogens with zero attached hydrogens (tertiary/aromatic N) is 1. The van der Waals surface area contributed by atoms with Crippen molar-refractivity contribution in [2.45, 2.75) is 10.9 Å². The lowest BCUT2D eigenvalue weighted by Gasteiger charge is -2.35. The van der Waals surface area contributed by atoms with Gasteiger partial charge in [-0.05, 0) is 6.07 Å². The number of aromatic nitrogens is 1. The smallest absolute Gasteiger partial charge is 0.305 e. The van der Waals surface area contributed by atoms with Crippen molar-refractivity contribution in [3.8, 4) is 5.75 Å². The van der Waals surface area contributed by atoms with Gasteiger partial charge in [-0.15, -0.1) is 11.8 Å². The molecule has 2 atom stereocenters. The van der Waals surface area contributed by atoms with E-state index in [4.69, 9.17) is 4.74 Å². The second-order valence-electron chi connectivity index (χ2n) is 5.05. The fourth-order valence-corrected chi connectivity index (χ4v) is 5.31. The van der Waals surface area contributed by atoms with E-state index in [1.807, 2.05) is 0 Å². The summed E-state index contributed by atoms with van der Waals surface area (Å²) in [5, 5.41) is 11.9. The lowest BCUT2D eigenvalue weighted by Crippen LogP contribution is -2.30. The molecule has 21 heavy (non-hydrogen) atoms. The van der Waals surface area contributed by atoms with E-state index in [2.05, 4.69) is 4.98 Å². The van der Waals surface area contributed by atoms with E-state index < -0.39 is 4.92 Å². The average Bonchev–Trinajstić information content (AvgIpc) is 2.86. The second-order valence-corrected chi connectivity index (χ2v) is 7.09. The number of aromatic amines is 1. The Bertz CT molecular complexity index is 798. The Balaban J connectivity index is 1.91. The molecule has 0 spiro atoms. The first-order valence-electron chi connectivity index (χ1n) is 6.40. The standard InChI is InChI=1S/C13H10N2O4S2/c16-13-14-12-11(21-13)10-6(5-20-12)4-19-9-2-1-7(15(17)18)3-8(9)10/h1-3,6,10H,4-5H2,(H,14,16). The van der Waals surface area contributed by atoms with Gasteiger partial charge in [0.25, 0.3) is 5.69 Å². The minimum atomic E-state index is -0.401. The summed E-state index contributed by atoms with van der Waals surface area (Å²) in [6.07, 6.45) is 0. The Kier molecular flexibility index (Phi) is 2.83. The highest BCUT2D eigenvalue weighted by molar-refractivity contribution is 7.99. The summed E-state index contributed by atoms with van der Waals surface area (Å²) >= 11 is 2.82. The summed E-state index contributed by atoms with van der Waals surface area (Å²) in [6, 6.07) is 4.69. The number of thiazole rings is 1. The van der Waals surface area contributed by atoms with Crippen LogP contribution in [0.3, 0.4) is 0 Å². The van der Waals surface area contributed by atoms with Crippen LogP contribution in [-0.2, 0) is 0 Å². The molecule has 0 amide bonds. The van der Waals surface area contributed by atoms with Crippen LogP contribution in [0.25, 0.3) is 0 Å². The van der Waals surface area contributed by atoms with Crippen LogP contribution in [0.1, 0.15) is 16.4 Å². The summed E-state index contributed by atoms with van der Waals surface area (Å²) in [7, 11) is 0. The van der Waals surface area contributed by atoms with Gasteiger partial charge in [-0.1, -0.05) is 11.3 Å². The van der Waals surface area contributed by atoms with E-state index in [1.54, 1.807) is 23.9 Å². The van der Waals surface area contributed by atoms with Crippen molar-refractivity contribution in [3.63, 3.8) is 0 Å². The molecule has 6 nitrogen and oxygen atoms in total. The van der Waals surface area contributed by atoms with Gasteiger partial charge in [0.2, 0.25) is 0 Å². The molecule has 3 heterocycles. The zero-order valence-corrected chi connectivity index (χ0v) is 12.3. The molecule has 0 saturated heterocycles. The monoisotopic (exact) mass is 322 g/mol. The number of benzene rings is 1. The maximum atomic E-state index is 11.6. The molecule has 8 heteroatoms. The first-order chi connectivity index (χ1) is 10.1. The zero-order valence-electron chi connectivity index (χ0n) is 10.7. The largest absolute Gasteiger partial charge is 0.493 e. The minimum Gasteiger partial charge on any atom is -0.493 e. The highest BCUT2D eigenvalue weighted by Gasteiger charge is 2.39. The van der Waals surface area contributed by atoms with Crippen LogP contribution in [0.2, 0.25) is 0 Å². The summed E-state index contributed by atoms with van der Waals surface area (Å²) < 4.78 is 5.73. The fourth-order valence-electron chi connectivity index (χ4n) is 2.90. The number of H-pyrrole nitrogens is 1. The number of fused-ring (bicyclic) bond motifs is 5. The molecule has 0 saturated carbocycles. The Morgan fingerprint density at radius 3 is 3.10 bits per heavy atom. The topological polar surface area (TPSA) is 85.2 Å². The van der Waals surface area contributed by atoms with Gasteiger partial charge in [-0.2, -0.15) is 0 Å². The van der Waals surface area contributed by atoms with E-state index in [0.717, 1.165) is 21.2 Å². The predicted octanol–water partition coefficient (Wildman–Crippen LogP) is 2.59. The van der Waals surface area contributed by atoms with Gasteiger partial charge < -0.3 is 9.72 Å². The van der Waals surface area contributed by atoms with Gasteiger partial charge in [-0.25, -0.2) is 0 Å². The molecule has 1 aromatic heterocycles. The molecule has 4 rings (SSSR count). The van der Waals surface area contributed by atoms with Crippen molar-refractivity contribution in [1.29, 1.82) is 0 Å². The van der Waals surface area contributed by atoms with E-state index in [1.165, 1.54) is 17.4 Å². The van der Waals surface area contributed by atoms with Crippen molar-refractivity contribution < 1.29 is 9.66 Å². The highest BCUT2D eigenvalue weighted by Crippen LogP contribution is 2.50. The van der Waals surface area contributed by atoms with Crippen LogP contribution >= 0.6 is 23.1 Å². The fraction of sp³-hybridized carbons (Fsp3) is 0.308. The Morgan fingerprint density at radius 1 is 1.43 bits per heavy atom. The number of hydrogen-bond donors (Lipinski definition) is 1. The van der Waals surface area contributed by atoms with Crippen LogP contribution in [0.5, 0.6) is 5.75 Å². The molecular weight excluding hydrogens is 312 g/mol. The number of hydrogen-bond acceptors (Lipinski definition) is 6. The molecular formula is C13H10N2O4S2. The maximum Gasteiger partial charge on any atom is 0.305 e. The lowest BCUT2D eigenvalue weighted by atomic mass is 9.83. The van der Waals surface area contributed by atoms with E-state index in [-0.39, 0.29) is 22.4 Å². The van der Waals surface area contributed by atoms with Crippen LogP contribution in [0.4, 0.5) is 5.69 Å². The van der Waals surface area contributed by atoms with Crippen LogP contribution in [-0.4, -0.2) is 22.3 Å². The highest BCUT2D eigenvalue weighted by atomic mass is 32.2. The summed E-state index contributed by atoms with van der Waals surface area (Å²) in [5.41, 5.74) is 0.873. The number of thioether (sulfide) groups is 1. The first kappa shape index (κ1) is 12.9. The number of nitrogens with one attached hydrogen (secondary N) is 1. The van der Waals surface area contributed by atoms with Gasteiger partial charge in [0.05, 0.1) is 16.6 Å². The molecule has 1 aromatic carbocycles. The van der Waals surface area contributed by atoms with Crippen molar-refractivity contribution in [2.24, 2.45) is 5.92 Å². The Labute approximate surface area is 127 Å². The number of non-ortho nitro benzene ring substituents is 1. The first-order valence-corrected chi connectivity index (χ1v) is 8.20. The molecule has 0 fully saturated rings. The minimum absolute atomic E-state index is 0.00819. The third-order valence-electron chi connectivity index (χ3n) is 3.83. The zero-order chi connectivity index (χ0) is 14.6. The number of nitro groups is 1.